The Morgan fingerprint density at radius 3 is 2.70 bits per heavy atom. The minimum atomic E-state index is -4.39. The zero-order valence-corrected chi connectivity index (χ0v) is 21.1. The molecule has 0 radical (unpaired) electrons. The largest absolute Gasteiger partial charge is 0.465 e. The summed E-state index contributed by atoms with van der Waals surface area (Å²) >= 11 is 0. The van der Waals surface area contributed by atoms with Crippen LogP contribution in [-0.2, 0) is 23.4 Å². The van der Waals surface area contributed by atoms with Crippen molar-refractivity contribution in [3.63, 3.8) is 0 Å². The van der Waals surface area contributed by atoms with E-state index in [1.807, 2.05) is 0 Å². The second-order valence-corrected chi connectivity index (χ2v) is 9.84. The summed E-state index contributed by atoms with van der Waals surface area (Å²) in [6.45, 7) is 3.79. The monoisotopic (exact) mass is 538 g/mol. The Balaban J connectivity index is 1.91. The zero-order chi connectivity index (χ0) is 27.2. The lowest BCUT2D eigenvalue weighted by molar-refractivity contribution is -0.144. The van der Waals surface area contributed by atoms with Crippen molar-refractivity contribution in [3.05, 3.63) is 73.9 Å². The first-order valence-corrected chi connectivity index (χ1v) is 12.8. The fourth-order valence-corrected chi connectivity index (χ4v) is 5.16. The highest BCUT2D eigenvalue weighted by atomic mass is 31.2. The molecule has 0 unspecified atom stereocenters. The van der Waals surface area contributed by atoms with Gasteiger partial charge in [-0.3, -0.25) is 23.7 Å². The van der Waals surface area contributed by atoms with Crippen molar-refractivity contribution < 1.29 is 33.0 Å². The second-order valence-electron chi connectivity index (χ2n) is 8.14. The van der Waals surface area contributed by atoms with Gasteiger partial charge < -0.3 is 19.1 Å². The summed E-state index contributed by atoms with van der Waals surface area (Å²) in [5.74, 6) is -1.44. The van der Waals surface area contributed by atoms with Crippen LogP contribution in [0, 0.1) is 5.92 Å². The minimum Gasteiger partial charge on any atom is -0.465 e. The van der Waals surface area contributed by atoms with Crippen LogP contribution >= 0.6 is 7.75 Å². The highest BCUT2D eigenvalue weighted by Gasteiger charge is 2.55. The lowest BCUT2D eigenvalue weighted by atomic mass is 9.98. The average molecular weight is 538 g/mol. The van der Waals surface area contributed by atoms with Gasteiger partial charge in [0.05, 0.1) is 19.3 Å². The molecule has 1 aliphatic rings. The van der Waals surface area contributed by atoms with E-state index in [9.17, 15) is 29.6 Å². The molecule has 1 aromatic carbocycles. The number of benzene rings is 1. The van der Waals surface area contributed by atoms with Gasteiger partial charge in [0.1, 0.15) is 18.0 Å². The molecular formula is C21H27N6O9P. The average Bonchev–Trinajstić information content (AvgIpc) is 3.09. The van der Waals surface area contributed by atoms with Crippen molar-refractivity contribution in [1.82, 2.24) is 14.6 Å². The molecule has 0 saturated carbocycles. The zero-order valence-electron chi connectivity index (χ0n) is 20.2. The molecule has 37 heavy (non-hydrogen) atoms. The van der Waals surface area contributed by atoms with Crippen LogP contribution in [0.1, 0.15) is 27.0 Å². The highest BCUT2D eigenvalue weighted by Crippen LogP contribution is 2.49. The van der Waals surface area contributed by atoms with E-state index in [0.29, 0.717) is 0 Å². The van der Waals surface area contributed by atoms with Crippen LogP contribution in [0.4, 0.5) is 0 Å². The Bertz CT molecular complexity index is 1310. The van der Waals surface area contributed by atoms with E-state index in [1.54, 1.807) is 25.1 Å². The maximum absolute atomic E-state index is 13.7. The number of H-pyrrole nitrogens is 1. The third-order valence-electron chi connectivity index (χ3n) is 5.48. The number of ether oxygens (including phenoxy) is 2. The van der Waals surface area contributed by atoms with Gasteiger partial charge in [0.2, 0.25) is 0 Å². The Hall–Kier alpha value is -3.45. The molecule has 0 spiro atoms. The van der Waals surface area contributed by atoms with Crippen molar-refractivity contribution in [3.8, 4) is 5.75 Å². The summed E-state index contributed by atoms with van der Waals surface area (Å²) in [4.78, 5) is 40.7. The van der Waals surface area contributed by atoms with Crippen LogP contribution in [0.3, 0.4) is 0 Å². The lowest BCUT2D eigenvalue weighted by Gasteiger charge is -2.30. The van der Waals surface area contributed by atoms with Crippen LogP contribution in [0.5, 0.6) is 5.75 Å². The number of carbonyl (C=O) groups is 1. The highest BCUT2D eigenvalue weighted by molar-refractivity contribution is 7.52. The summed E-state index contributed by atoms with van der Waals surface area (Å²) < 4.78 is 36.5. The number of hydrogen-bond donors (Lipinski definition) is 3. The van der Waals surface area contributed by atoms with E-state index in [4.69, 9.17) is 18.5 Å². The number of rotatable bonds is 11. The number of aliphatic hydroxyl groups excluding tert-OH is 1. The van der Waals surface area contributed by atoms with Gasteiger partial charge in [0, 0.05) is 23.1 Å². The molecule has 200 valence electrons. The third-order valence-corrected chi connectivity index (χ3v) is 7.10. The van der Waals surface area contributed by atoms with Gasteiger partial charge in [-0.2, -0.15) is 5.09 Å². The van der Waals surface area contributed by atoms with Crippen molar-refractivity contribution in [2.75, 3.05) is 13.2 Å². The first-order valence-electron chi connectivity index (χ1n) is 11.2. The number of para-hydroxylation sites is 1. The number of aliphatic hydroxyl groups is 1. The van der Waals surface area contributed by atoms with E-state index in [1.165, 1.54) is 26.0 Å². The van der Waals surface area contributed by atoms with Crippen LogP contribution < -0.4 is 20.9 Å². The van der Waals surface area contributed by atoms with Crippen LogP contribution in [-0.4, -0.2) is 51.7 Å². The van der Waals surface area contributed by atoms with Crippen LogP contribution in [0.25, 0.3) is 10.4 Å². The summed E-state index contributed by atoms with van der Waals surface area (Å²) in [6.07, 6.45) is -1.57. The van der Waals surface area contributed by atoms with Gasteiger partial charge in [-0.25, -0.2) is 9.36 Å². The van der Waals surface area contributed by atoms with Gasteiger partial charge >= 0.3 is 19.4 Å². The number of carbonyl (C=O) groups excluding carboxylic acids is 1. The maximum atomic E-state index is 13.7. The Labute approximate surface area is 210 Å². The number of hydrogen-bond acceptors (Lipinski definition) is 10. The predicted octanol–water partition coefficient (Wildman–Crippen LogP) is 1.81. The molecule has 0 bridgehead atoms. The number of azide groups is 1. The molecule has 15 nitrogen and oxygen atoms in total. The predicted molar refractivity (Wildman–Crippen MR) is 128 cm³/mol. The van der Waals surface area contributed by atoms with Gasteiger partial charge in [-0.15, -0.1) is 0 Å². The molecular weight excluding hydrogens is 511 g/mol. The molecule has 0 aliphatic carbocycles. The molecule has 1 aromatic heterocycles. The molecule has 6 atom stereocenters. The normalized spacial score (nSPS) is 25.5. The second kappa shape index (κ2) is 11.7. The smallest absolute Gasteiger partial charge is 0.459 e. The molecule has 1 aliphatic heterocycles. The van der Waals surface area contributed by atoms with Gasteiger partial charge in [-0.1, -0.05) is 30.2 Å². The number of esters is 1. The summed E-state index contributed by atoms with van der Waals surface area (Å²) in [5.41, 5.74) is 5.59. The van der Waals surface area contributed by atoms with E-state index in [2.05, 4.69) is 20.1 Å². The van der Waals surface area contributed by atoms with Crippen molar-refractivity contribution in [2.45, 2.75) is 44.9 Å². The summed E-state index contributed by atoms with van der Waals surface area (Å²) in [6, 6.07) is 7.88. The number of nitrogens with one attached hydrogen (secondary N) is 2. The van der Waals surface area contributed by atoms with E-state index in [0.717, 1.165) is 16.8 Å². The van der Waals surface area contributed by atoms with Crippen LogP contribution in [0.2, 0.25) is 0 Å². The Morgan fingerprint density at radius 1 is 1.38 bits per heavy atom. The van der Waals surface area contributed by atoms with Gasteiger partial charge in [0.25, 0.3) is 5.56 Å². The fraction of sp³-hybridized carbons (Fsp3) is 0.476. The molecule has 2 heterocycles. The van der Waals surface area contributed by atoms with Crippen LogP contribution in [0.15, 0.2) is 57.3 Å². The Kier molecular flexibility index (Phi) is 8.92. The van der Waals surface area contributed by atoms with Crippen molar-refractivity contribution in [1.29, 1.82) is 0 Å². The minimum absolute atomic E-state index is 0.0823. The molecule has 2 aromatic rings. The number of aromatic nitrogens is 2. The Morgan fingerprint density at radius 2 is 2.08 bits per heavy atom. The molecule has 3 rings (SSSR count). The fourth-order valence-electron chi connectivity index (χ4n) is 3.64. The molecule has 1 fully saturated rings. The first-order chi connectivity index (χ1) is 17.5. The van der Waals surface area contributed by atoms with Crippen molar-refractivity contribution in [2.24, 2.45) is 11.0 Å². The lowest BCUT2D eigenvalue weighted by Crippen LogP contribution is -2.44. The summed E-state index contributed by atoms with van der Waals surface area (Å²) in [7, 11) is -4.39. The first kappa shape index (κ1) is 28.1. The SMILES string of the molecule is CCOC(=O)[C@@H](C)N[P@](=O)(OC[C@]1(N=[N+]=[N-])O[C@H](n2ccc(=O)[nH]c2=O)[C@H](C)[C@H]1O)Oc1ccccc1. The topological polar surface area (TPSA) is 207 Å². The molecule has 0 amide bonds. The van der Waals surface area contributed by atoms with E-state index in [-0.39, 0.29) is 12.4 Å². The number of nitrogens with zero attached hydrogens (tertiary/aromatic N) is 4. The van der Waals surface area contributed by atoms with E-state index < -0.39 is 61.6 Å². The van der Waals surface area contributed by atoms with Crippen molar-refractivity contribution >= 4 is 13.7 Å². The molecule has 1 saturated heterocycles. The third kappa shape index (κ3) is 6.46. The molecule has 16 heteroatoms. The standard InChI is InChI=1S/C21H27N6O9P/c1-4-33-19(30)14(3)24-37(32,36-15-8-6-5-7-9-15)34-12-21(25-26-22)17(29)13(2)18(35-21)27-11-10-16(28)23-20(27)31/h5-11,13-14,17-18,29H,4,12H2,1-3H3,(H,24,32)(H,23,28,31)/t13-,14-,17-,18+,21+,37+/m1/s1. The number of aromatic amines is 1. The summed E-state index contributed by atoms with van der Waals surface area (Å²) in [5, 5.41) is 17.0. The van der Waals surface area contributed by atoms with E-state index >= 15 is 0 Å². The quantitative estimate of drug-likeness (QED) is 0.124. The van der Waals surface area contributed by atoms with Gasteiger partial charge in [0.15, 0.2) is 5.72 Å². The maximum Gasteiger partial charge on any atom is 0.459 e. The molecule has 3 N–H and O–H groups in total. The van der Waals surface area contributed by atoms with Gasteiger partial charge in [-0.05, 0) is 31.5 Å².